The number of thiol groups is 2. The first kappa shape index (κ1) is 102. The van der Waals surface area contributed by atoms with Gasteiger partial charge in [0.2, 0.25) is 82.6 Å². The predicted molar refractivity (Wildman–Crippen MR) is 433 cm³/mol. The molecular formula is C69H119N27O17S2. The van der Waals surface area contributed by atoms with Crippen LogP contribution in [0, 0.1) is 17.8 Å². The van der Waals surface area contributed by atoms with Gasteiger partial charge in [-0.05, 0) is 94.4 Å². The van der Waals surface area contributed by atoms with Gasteiger partial charge >= 0.3 is 5.97 Å². The molecule has 0 saturated carbocycles. The van der Waals surface area contributed by atoms with Gasteiger partial charge in [0, 0.05) is 44.1 Å². The molecule has 0 unspecified atom stereocenters. The van der Waals surface area contributed by atoms with Crippen molar-refractivity contribution in [1.82, 2.24) is 69.1 Å². The number of aliphatic carboxylic acids is 1. The number of Topliss-reactive ketones (excluding diaryl/α,β-unsaturated/α-hetero) is 1. The van der Waals surface area contributed by atoms with E-state index >= 15 is 0 Å². The zero-order valence-electron chi connectivity index (χ0n) is 65.8. The molecule has 0 aliphatic heterocycles. The fraction of sp³-hybridized carbons (Fsp3) is 0.623. The minimum Gasteiger partial charge on any atom is -0.481 e. The summed E-state index contributed by atoms with van der Waals surface area (Å²) in [6.45, 7) is 9.90. The number of primary amides is 1. The summed E-state index contributed by atoms with van der Waals surface area (Å²) in [7, 11) is 0. The van der Waals surface area contributed by atoms with E-state index in [1.54, 1.807) is 71.9 Å². The lowest BCUT2D eigenvalue weighted by molar-refractivity contribution is -0.142. The van der Waals surface area contributed by atoms with E-state index in [0.29, 0.717) is 12.0 Å². The van der Waals surface area contributed by atoms with E-state index in [9.17, 15) is 81.8 Å². The van der Waals surface area contributed by atoms with Crippen molar-refractivity contribution in [3.05, 3.63) is 35.9 Å². The Balaban J connectivity index is 3.48. The fourth-order valence-electron chi connectivity index (χ4n) is 10.7. The maximum Gasteiger partial charge on any atom is 0.305 e. The lowest BCUT2D eigenvalue weighted by Gasteiger charge is -2.29. The third kappa shape index (κ3) is 42.4. The first-order valence-electron chi connectivity index (χ1n) is 37.2. The second-order valence-electron chi connectivity index (χ2n) is 27.7. The third-order valence-electron chi connectivity index (χ3n) is 17.0. The van der Waals surface area contributed by atoms with Crippen molar-refractivity contribution in [1.29, 1.82) is 0 Å². The van der Waals surface area contributed by atoms with Gasteiger partial charge in [0.15, 0.2) is 23.8 Å². The number of amides is 14. The van der Waals surface area contributed by atoms with Gasteiger partial charge in [-0.1, -0.05) is 78.3 Å². The van der Waals surface area contributed by atoms with Crippen LogP contribution in [0.25, 0.3) is 0 Å². The maximum atomic E-state index is 14.5. The average molecular weight is 1660 g/mol. The van der Waals surface area contributed by atoms with E-state index in [2.05, 4.69) is 114 Å². The number of nitrogens with two attached hydrogens (primary N) is 10. The van der Waals surface area contributed by atoms with Crippen LogP contribution in [0.15, 0.2) is 50.3 Å². The van der Waals surface area contributed by atoms with Crippen LogP contribution >= 0.6 is 25.3 Å². The Labute approximate surface area is 677 Å². The van der Waals surface area contributed by atoms with E-state index in [1.807, 2.05) is 0 Å². The number of nitrogens with zero attached hydrogens (tertiary/aromatic N) is 4. The third-order valence-corrected chi connectivity index (χ3v) is 17.7. The van der Waals surface area contributed by atoms with E-state index in [-0.39, 0.29) is 138 Å². The number of hydrogen-bond acceptors (Lipinski definition) is 23. The molecule has 115 heavy (non-hydrogen) atoms. The van der Waals surface area contributed by atoms with Crippen molar-refractivity contribution < 1.29 is 81.8 Å². The standard InChI is InChI=1S/C69H119N27O17S2/c1-8-36(6)52(65(113)95-48(33-115)64(112)92-43(26-34(2)3)60(108)88-40(53(101)54(71)102)19-13-23-81-67(74)75)96-59(107)42(21-15-25-83-69(78)79)89-62(110)46(29-51(99)100)93-61(109)44(27-35(4)5)91-58(106)41(20-14-24-82-68(76)77)87-50(98)31-84-49(97)30-85-57(105)45(28-38-16-10-9-11-17-38)90-55(103)37(7)86-63(111)47(32-114)94-56(104)39(70)18-12-22-80-66(72)73/h9-11,16-17,34-37,39-48,52,114-115H,8,12-15,18-33,70H2,1-7H3,(H2,71,102)(H,84,97)(H,85,105)(H,86,111)(H,87,98)(H,88,108)(H,89,110)(H,90,103)(H,91,106)(H,92,112)(H,93,109)(H,94,104)(H,95,113)(H,96,107)(H,99,100)(H4,72,73,80)(H4,74,75,81)(H4,76,77,82)(H4,78,79,83)/t36-,37+,39-,40-,41-,42-,43-,44-,45-,46-,47-,48-,52-/m0/s1. The lowest BCUT2D eigenvalue weighted by Crippen LogP contribution is -2.61. The van der Waals surface area contributed by atoms with Crippen LogP contribution in [0.5, 0.6) is 0 Å². The number of benzene rings is 1. The number of carbonyl (C=O) groups excluding carboxylic acids is 15. The van der Waals surface area contributed by atoms with Gasteiger partial charge in [0.1, 0.15) is 60.4 Å². The van der Waals surface area contributed by atoms with Crippen LogP contribution < -0.4 is 126 Å². The Morgan fingerprint density at radius 3 is 1.23 bits per heavy atom. The van der Waals surface area contributed by atoms with Gasteiger partial charge in [-0.25, -0.2) is 0 Å². The minimum atomic E-state index is -1.98. The maximum absolute atomic E-state index is 14.5. The number of carboxylic acids is 1. The second-order valence-corrected chi connectivity index (χ2v) is 28.5. The van der Waals surface area contributed by atoms with E-state index < -0.39 is 198 Å². The number of ketones is 1. The Kier molecular flexibility index (Phi) is 48.1. The number of nitrogens with one attached hydrogen (secondary N) is 13. The number of carbonyl (C=O) groups is 16. The first-order chi connectivity index (χ1) is 54.0. The first-order valence-corrected chi connectivity index (χ1v) is 38.5. The lowest BCUT2D eigenvalue weighted by atomic mass is 9.97. The molecule has 0 fully saturated rings. The molecule has 34 N–H and O–H groups in total. The minimum absolute atomic E-state index is 0.00705. The van der Waals surface area contributed by atoms with Crippen LogP contribution in [-0.4, -0.2) is 247 Å². The highest BCUT2D eigenvalue weighted by Gasteiger charge is 2.38. The molecule has 0 spiro atoms. The van der Waals surface area contributed by atoms with Crippen molar-refractivity contribution in [3.63, 3.8) is 0 Å². The van der Waals surface area contributed by atoms with Gasteiger partial charge in [-0.15, -0.1) is 0 Å². The molecule has 44 nitrogen and oxygen atoms in total. The summed E-state index contributed by atoms with van der Waals surface area (Å²) in [6, 6.07) is -8.93. The van der Waals surface area contributed by atoms with E-state index in [0.717, 1.165) is 0 Å². The zero-order valence-corrected chi connectivity index (χ0v) is 67.6. The highest BCUT2D eigenvalue weighted by atomic mass is 32.1. The van der Waals surface area contributed by atoms with Gasteiger partial charge in [-0.3, -0.25) is 96.7 Å². The number of rotatable bonds is 56. The average Bonchev–Trinajstić information content (AvgIpc) is 0.842. The van der Waals surface area contributed by atoms with Gasteiger partial charge in [0.05, 0.1) is 31.6 Å². The summed E-state index contributed by atoms with van der Waals surface area (Å²) < 4.78 is 0. The summed E-state index contributed by atoms with van der Waals surface area (Å²) in [5.41, 5.74) is 55.4. The van der Waals surface area contributed by atoms with Gasteiger partial charge in [-0.2, -0.15) is 25.3 Å². The summed E-state index contributed by atoms with van der Waals surface area (Å²) in [4.78, 5) is 233. The summed E-state index contributed by atoms with van der Waals surface area (Å²) in [5.74, 6) is -19.2. The van der Waals surface area contributed by atoms with E-state index in [4.69, 9.17) is 57.3 Å². The van der Waals surface area contributed by atoms with Crippen molar-refractivity contribution in [2.75, 3.05) is 50.8 Å². The van der Waals surface area contributed by atoms with Gasteiger partial charge in [0.25, 0.3) is 5.91 Å². The molecule has 1 aromatic rings. The number of hydrogen-bond donors (Lipinski definition) is 26. The van der Waals surface area contributed by atoms with Crippen LogP contribution in [-0.2, 0) is 83.1 Å². The summed E-state index contributed by atoms with van der Waals surface area (Å²) in [5, 5.41) is 42.3. The smallest absolute Gasteiger partial charge is 0.305 e. The highest BCUT2D eigenvalue weighted by Crippen LogP contribution is 2.15. The molecule has 46 heteroatoms. The number of guanidine groups is 4. The molecule has 0 saturated heterocycles. The number of aliphatic imine (C=N–C) groups is 4. The normalized spacial score (nSPS) is 14.3. The molecule has 644 valence electrons. The number of carboxylic acid groups (broad SMARTS) is 1. The van der Waals surface area contributed by atoms with E-state index in [1.165, 1.54) is 6.92 Å². The largest absolute Gasteiger partial charge is 0.481 e. The molecule has 0 aromatic heterocycles. The SMILES string of the molecule is CC[C@H](C)[C@H](NC(=O)[C@H](CCCN=C(N)N)NC(=O)[C@H](CC(=O)O)NC(=O)[C@H](CC(C)C)NC(=O)[C@H](CCCN=C(N)N)NC(=O)CNC(=O)CNC(=O)[C@H](Cc1ccccc1)NC(=O)[C@@H](C)NC(=O)[C@H](CS)NC(=O)[C@@H](N)CCCN=C(N)N)C(=O)N[C@@H](CS)C(=O)N[C@@H](CC(C)C)C(=O)N[C@@H](CCCN=C(N)N)C(=O)C(N)=O. The fourth-order valence-corrected chi connectivity index (χ4v) is 11.2. The summed E-state index contributed by atoms with van der Waals surface area (Å²) in [6.07, 6.45) is -1.08. The van der Waals surface area contributed by atoms with Gasteiger partial charge < -0.3 is 132 Å². The Bertz CT molecular complexity index is 3560. The Hall–Kier alpha value is -11.3. The molecule has 0 aliphatic rings. The molecule has 13 atom stereocenters. The van der Waals surface area contributed by atoms with Crippen molar-refractivity contribution in [2.24, 2.45) is 95.1 Å². The van der Waals surface area contributed by atoms with Crippen molar-refractivity contribution >= 4 is 144 Å². The molecule has 0 radical (unpaired) electrons. The van der Waals surface area contributed by atoms with Crippen LogP contribution in [0.2, 0.25) is 0 Å². The Morgan fingerprint density at radius 1 is 0.400 bits per heavy atom. The quantitative estimate of drug-likeness (QED) is 0.00947. The molecule has 0 heterocycles. The van der Waals surface area contributed by atoms with Crippen LogP contribution in [0.4, 0.5) is 0 Å². The molecular weight excluding hydrogens is 1540 g/mol. The van der Waals surface area contributed by atoms with Crippen LogP contribution in [0.3, 0.4) is 0 Å². The van der Waals surface area contributed by atoms with Crippen molar-refractivity contribution in [2.45, 2.75) is 204 Å². The molecule has 0 bridgehead atoms. The second kappa shape index (κ2) is 54.4. The topological polar surface area (TPSA) is 759 Å². The molecule has 0 aliphatic carbocycles. The monoisotopic (exact) mass is 1660 g/mol. The van der Waals surface area contributed by atoms with Crippen molar-refractivity contribution in [3.8, 4) is 0 Å². The molecule has 1 aromatic carbocycles. The predicted octanol–water partition coefficient (Wildman–Crippen LogP) is -9.12. The molecule has 1 rings (SSSR count). The highest BCUT2D eigenvalue weighted by molar-refractivity contribution is 7.80. The van der Waals surface area contributed by atoms with Crippen LogP contribution in [0.1, 0.15) is 131 Å². The molecule has 14 amide bonds. The summed E-state index contributed by atoms with van der Waals surface area (Å²) >= 11 is 8.44. The Morgan fingerprint density at radius 2 is 0.774 bits per heavy atom. The zero-order chi connectivity index (χ0) is 87.2.